The van der Waals surface area contributed by atoms with E-state index in [0.717, 1.165) is 42.2 Å². The highest BCUT2D eigenvalue weighted by Crippen LogP contribution is 2.38. The largest absolute Gasteiger partial charge is 0.361 e. The summed E-state index contributed by atoms with van der Waals surface area (Å²) in [6.45, 7) is 5.72. The van der Waals surface area contributed by atoms with Gasteiger partial charge >= 0.3 is 0 Å². The quantitative estimate of drug-likeness (QED) is 0.686. The van der Waals surface area contributed by atoms with Crippen LogP contribution in [0, 0.1) is 19.8 Å². The van der Waals surface area contributed by atoms with E-state index in [-0.39, 0.29) is 5.91 Å². The third-order valence-electron chi connectivity index (χ3n) is 5.82. The van der Waals surface area contributed by atoms with Crippen molar-refractivity contribution >= 4 is 5.91 Å². The minimum Gasteiger partial charge on any atom is -0.361 e. The monoisotopic (exact) mass is 395 g/mol. The molecule has 1 saturated heterocycles. The van der Waals surface area contributed by atoms with Gasteiger partial charge in [-0.2, -0.15) is 10.2 Å². The van der Waals surface area contributed by atoms with Crippen LogP contribution in [-0.2, 0) is 13.0 Å². The summed E-state index contributed by atoms with van der Waals surface area (Å²) in [7, 11) is 0. The minimum absolute atomic E-state index is 0.0699. The lowest BCUT2D eigenvalue weighted by Gasteiger charge is -2.15. The van der Waals surface area contributed by atoms with Gasteiger partial charge in [0.2, 0.25) is 0 Å². The highest BCUT2D eigenvalue weighted by molar-refractivity contribution is 5.94. The molecular weight excluding hydrogens is 370 g/mol. The minimum atomic E-state index is -0.0699. The molecule has 1 amide bonds. The number of hydrogen-bond acceptors (Lipinski definition) is 6. The zero-order valence-corrected chi connectivity index (χ0v) is 16.8. The Morgan fingerprint density at radius 2 is 2.17 bits per heavy atom. The molecule has 9 heteroatoms. The Labute approximate surface area is 168 Å². The Morgan fingerprint density at radius 1 is 1.31 bits per heavy atom. The summed E-state index contributed by atoms with van der Waals surface area (Å²) in [5.41, 5.74) is 2.27. The Hall–Kier alpha value is -2.97. The summed E-state index contributed by atoms with van der Waals surface area (Å²) in [5, 5.41) is 15.8. The van der Waals surface area contributed by atoms with Crippen LogP contribution in [-0.4, -0.2) is 54.0 Å². The molecule has 1 unspecified atom stereocenters. The van der Waals surface area contributed by atoms with Gasteiger partial charge in [0.15, 0.2) is 11.5 Å². The number of aromatic nitrogens is 6. The van der Waals surface area contributed by atoms with Crippen LogP contribution in [0.5, 0.6) is 0 Å². The second-order valence-corrected chi connectivity index (χ2v) is 8.31. The fourth-order valence-corrected chi connectivity index (χ4v) is 3.99. The molecule has 1 atom stereocenters. The molecule has 0 bridgehead atoms. The van der Waals surface area contributed by atoms with Gasteiger partial charge in [0, 0.05) is 37.2 Å². The van der Waals surface area contributed by atoms with Gasteiger partial charge in [0.25, 0.3) is 5.91 Å². The fraction of sp³-hybridized carbons (Fsp3) is 0.550. The van der Waals surface area contributed by atoms with Gasteiger partial charge in [-0.1, -0.05) is 5.16 Å². The first-order valence-corrected chi connectivity index (χ1v) is 10.2. The Balaban J connectivity index is 1.25. The summed E-state index contributed by atoms with van der Waals surface area (Å²) >= 11 is 0. The lowest BCUT2D eigenvalue weighted by Crippen LogP contribution is -2.30. The van der Waals surface area contributed by atoms with E-state index in [1.165, 1.54) is 12.8 Å². The third kappa shape index (κ3) is 3.68. The Bertz CT molecular complexity index is 1030. The number of carbonyl (C=O) groups is 1. The summed E-state index contributed by atoms with van der Waals surface area (Å²) in [6.07, 6.45) is 7.91. The number of H-pyrrole nitrogens is 1. The average molecular weight is 395 g/mol. The van der Waals surface area contributed by atoms with Crippen LogP contribution in [0.1, 0.15) is 64.2 Å². The first-order valence-electron chi connectivity index (χ1n) is 10.2. The molecule has 1 N–H and O–H groups in total. The SMILES string of the molecule is Cc1cnn(Cc2c(C(=O)N3CCC(Cc4nc(C5CC5)n[nH]4)C3)noc2C)c1. The topological polar surface area (TPSA) is 106 Å². The van der Waals surface area contributed by atoms with E-state index in [9.17, 15) is 4.79 Å². The first kappa shape index (κ1) is 18.1. The van der Waals surface area contributed by atoms with Crippen molar-refractivity contribution < 1.29 is 9.32 Å². The number of aryl methyl sites for hydroxylation is 2. The van der Waals surface area contributed by atoms with Gasteiger partial charge in [0.05, 0.1) is 12.7 Å². The number of amides is 1. The van der Waals surface area contributed by atoms with E-state index in [2.05, 4.69) is 25.4 Å². The van der Waals surface area contributed by atoms with Crippen molar-refractivity contribution in [3.05, 3.63) is 46.6 Å². The maximum Gasteiger partial charge on any atom is 0.276 e. The maximum atomic E-state index is 13.1. The van der Waals surface area contributed by atoms with Crippen LogP contribution in [0.4, 0.5) is 0 Å². The second-order valence-electron chi connectivity index (χ2n) is 8.31. The lowest BCUT2D eigenvalue weighted by molar-refractivity contribution is 0.0775. The Morgan fingerprint density at radius 3 is 2.93 bits per heavy atom. The summed E-state index contributed by atoms with van der Waals surface area (Å²) in [4.78, 5) is 19.6. The van der Waals surface area contributed by atoms with Crippen molar-refractivity contribution in [2.45, 2.75) is 52.0 Å². The molecule has 0 radical (unpaired) electrons. The average Bonchev–Trinajstić information content (AvgIpc) is 3.06. The van der Waals surface area contributed by atoms with E-state index >= 15 is 0 Å². The molecule has 152 valence electrons. The molecule has 2 aliphatic rings. The summed E-state index contributed by atoms with van der Waals surface area (Å²) < 4.78 is 7.15. The zero-order valence-electron chi connectivity index (χ0n) is 16.8. The number of likely N-dealkylation sites (tertiary alicyclic amines) is 1. The van der Waals surface area contributed by atoms with Crippen LogP contribution in [0.3, 0.4) is 0 Å². The van der Waals surface area contributed by atoms with Gasteiger partial charge < -0.3 is 9.42 Å². The van der Waals surface area contributed by atoms with E-state index in [1.54, 1.807) is 10.9 Å². The standard InChI is InChI=1S/C20H25N7O2/c1-12-8-21-27(9-12)11-16-13(2)29-25-18(16)20(28)26-6-5-14(10-26)7-17-22-19(24-23-17)15-3-4-15/h8-9,14-15H,3-7,10-11H2,1-2H3,(H,22,23,24). The third-order valence-corrected chi connectivity index (χ3v) is 5.82. The molecule has 9 nitrogen and oxygen atoms in total. The number of carbonyl (C=O) groups excluding carboxylic acids is 1. The van der Waals surface area contributed by atoms with Gasteiger partial charge in [-0.15, -0.1) is 0 Å². The molecule has 1 aliphatic carbocycles. The maximum absolute atomic E-state index is 13.1. The van der Waals surface area contributed by atoms with Crippen molar-refractivity contribution in [2.24, 2.45) is 5.92 Å². The fourth-order valence-electron chi connectivity index (χ4n) is 3.99. The predicted molar refractivity (Wildman–Crippen MR) is 103 cm³/mol. The van der Waals surface area contributed by atoms with Crippen LogP contribution in [0.2, 0.25) is 0 Å². The van der Waals surface area contributed by atoms with E-state index in [1.807, 2.05) is 24.9 Å². The van der Waals surface area contributed by atoms with E-state index in [0.29, 0.717) is 36.4 Å². The van der Waals surface area contributed by atoms with Crippen molar-refractivity contribution in [3.8, 4) is 0 Å². The van der Waals surface area contributed by atoms with Gasteiger partial charge in [-0.3, -0.25) is 14.6 Å². The van der Waals surface area contributed by atoms with Crippen molar-refractivity contribution in [2.75, 3.05) is 13.1 Å². The number of aromatic amines is 1. The van der Waals surface area contributed by atoms with E-state index in [4.69, 9.17) is 4.52 Å². The number of nitrogens with zero attached hydrogens (tertiary/aromatic N) is 6. The Kier molecular flexibility index (Phi) is 4.44. The molecule has 1 saturated carbocycles. The number of hydrogen-bond donors (Lipinski definition) is 1. The van der Waals surface area contributed by atoms with Crippen LogP contribution >= 0.6 is 0 Å². The van der Waals surface area contributed by atoms with Crippen molar-refractivity contribution in [3.63, 3.8) is 0 Å². The highest BCUT2D eigenvalue weighted by atomic mass is 16.5. The van der Waals surface area contributed by atoms with E-state index < -0.39 is 0 Å². The van der Waals surface area contributed by atoms with Crippen LogP contribution in [0.15, 0.2) is 16.9 Å². The molecule has 0 aromatic carbocycles. The van der Waals surface area contributed by atoms with Gasteiger partial charge in [-0.25, -0.2) is 4.98 Å². The van der Waals surface area contributed by atoms with Crippen LogP contribution in [0.25, 0.3) is 0 Å². The lowest BCUT2D eigenvalue weighted by atomic mass is 10.1. The molecule has 0 spiro atoms. The normalized spacial score (nSPS) is 19.2. The molecule has 3 aromatic heterocycles. The highest BCUT2D eigenvalue weighted by Gasteiger charge is 2.32. The molecule has 1 aliphatic heterocycles. The zero-order chi connectivity index (χ0) is 20.0. The van der Waals surface area contributed by atoms with Crippen LogP contribution < -0.4 is 0 Å². The molecule has 5 rings (SSSR count). The van der Waals surface area contributed by atoms with Crippen molar-refractivity contribution in [1.82, 2.24) is 35.0 Å². The molecular formula is C20H25N7O2. The molecule has 3 aromatic rings. The molecule has 4 heterocycles. The first-order chi connectivity index (χ1) is 14.1. The van der Waals surface area contributed by atoms with Crippen molar-refractivity contribution in [1.29, 1.82) is 0 Å². The van der Waals surface area contributed by atoms with Gasteiger partial charge in [-0.05, 0) is 44.6 Å². The summed E-state index contributed by atoms with van der Waals surface area (Å²) in [6, 6.07) is 0. The second kappa shape index (κ2) is 7.13. The molecule has 29 heavy (non-hydrogen) atoms. The number of rotatable bonds is 6. The van der Waals surface area contributed by atoms with Gasteiger partial charge in [0.1, 0.15) is 11.6 Å². The smallest absolute Gasteiger partial charge is 0.276 e. The summed E-state index contributed by atoms with van der Waals surface area (Å²) in [5.74, 6) is 3.39. The predicted octanol–water partition coefficient (Wildman–Crippen LogP) is 2.24. The molecule has 2 fully saturated rings. The number of nitrogens with one attached hydrogen (secondary N) is 1.